The van der Waals surface area contributed by atoms with Gasteiger partial charge in [0, 0.05) is 45.3 Å². The van der Waals surface area contributed by atoms with Gasteiger partial charge < -0.3 is 9.64 Å². The molecular weight excluding hydrogens is 344 g/mol. The van der Waals surface area contributed by atoms with Gasteiger partial charge in [-0.05, 0) is 25.5 Å². The normalized spacial score (nSPS) is 15.0. The molecule has 0 saturated carbocycles. The number of ether oxygens (including phenoxy) is 1. The Bertz CT molecular complexity index is 899. The lowest BCUT2D eigenvalue weighted by atomic mass is 10.1. The average molecular weight is 370 g/mol. The Balaban J connectivity index is 1.69. The summed E-state index contributed by atoms with van der Waals surface area (Å²) >= 11 is 0. The fraction of sp³-hybridized carbons (Fsp3) is 0.450. The maximum absolute atomic E-state index is 13.0. The maximum Gasteiger partial charge on any atom is 0.279 e. The number of amides is 1. The molecule has 1 aliphatic heterocycles. The third-order valence-corrected chi connectivity index (χ3v) is 5.19. The molecule has 1 aromatic carbocycles. The summed E-state index contributed by atoms with van der Waals surface area (Å²) in [6.07, 6.45) is 0. The smallest absolute Gasteiger partial charge is 0.279 e. The van der Waals surface area contributed by atoms with Crippen LogP contribution in [0.1, 0.15) is 27.2 Å². The van der Waals surface area contributed by atoms with E-state index in [0.717, 1.165) is 30.9 Å². The van der Waals surface area contributed by atoms with E-state index >= 15 is 0 Å². The highest BCUT2D eigenvalue weighted by molar-refractivity contribution is 5.95. The lowest BCUT2D eigenvalue weighted by molar-refractivity contribution is 0.0623. The highest BCUT2D eigenvalue weighted by atomic mass is 16.5. The molecule has 0 aliphatic carbocycles. The third kappa shape index (κ3) is 3.88. The zero-order valence-corrected chi connectivity index (χ0v) is 16.4. The van der Waals surface area contributed by atoms with Crippen LogP contribution in [0.15, 0.2) is 29.1 Å². The van der Waals surface area contributed by atoms with Crippen LogP contribution in [-0.4, -0.2) is 58.8 Å². The fourth-order valence-corrected chi connectivity index (χ4v) is 3.44. The van der Waals surface area contributed by atoms with Gasteiger partial charge in [0.2, 0.25) is 0 Å². The van der Waals surface area contributed by atoms with Crippen molar-refractivity contribution in [2.24, 2.45) is 7.05 Å². The molecule has 7 heteroatoms. The molecule has 3 rings (SSSR count). The number of hydrogen-bond acceptors (Lipinski definition) is 5. The minimum Gasteiger partial charge on any atom is -0.496 e. The second kappa shape index (κ2) is 7.92. The monoisotopic (exact) mass is 370 g/mol. The van der Waals surface area contributed by atoms with E-state index in [4.69, 9.17) is 4.74 Å². The van der Waals surface area contributed by atoms with Crippen LogP contribution in [-0.2, 0) is 13.6 Å². The second-order valence-corrected chi connectivity index (χ2v) is 6.89. The van der Waals surface area contributed by atoms with Gasteiger partial charge in [-0.3, -0.25) is 14.5 Å². The van der Waals surface area contributed by atoms with E-state index in [1.54, 1.807) is 26.0 Å². The van der Waals surface area contributed by atoms with Crippen molar-refractivity contribution in [3.05, 3.63) is 57.0 Å². The number of nitrogens with zero attached hydrogens (tertiary/aromatic N) is 4. The molecular formula is C20H26N4O3. The van der Waals surface area contributed by atoms with Crippen LogP contribution in [0, 0.1) is 13.8 Å². The van der Waals surface area contributed by atoms with Gasteiger partial charge in [-0.25, -0.2) is 4.68 Å². The Kier molecular flexibility index (Phi) is 5.60. The van der Waals surface area contributed by atoms with E-state index in [2.05, 4.69) is 16.1 Å². The van der Waals surface area contributed by atoms with Crippen molar-refractivity contribution >= 4 is 5.91 Å². The standard InChI is InChI=1S/C20H26N4O3/c1-14-15(2)21-22(3)19(25)18(14)20(26)24-11-9-23(10-12-24)13-16-7-5-6-8-17(16)27-4/h5-8H,9-13H2,1-4H3. The summed E-state index contributed by atoms with van der Waals surface area (Å²) < 4.78 is 6.66. The summed E-state index contributed by atoms with van der Waals surface area (Å²) in [7, 11) is 3.26. The molecule has 1 saturated heterocycles. The molecule has 2 heterocycles. The topological polar surface area (TPSA) is 67.7 Å². The van der Waals surface area contributed by atoms with Gasteiger partial charge in [0.05, 0.1) is 12.8 Å². The van der Waals surface area contributed by atoms with Crippen molar-refractivity contribution in [3.8, 4) is 5.75 Å². The van der Waals surface area contributed by atoms with Crippen LogP contribution in [0.3, 0.4) is 0 Å². The predicted octanol–water partition coefficient (Wildman–Crippen LogP) is 1.36. The number of carbonyl (C=O) groups excluding carboxylic acids is 1. The molecule has 144 valence electrons. The van der Waals surface area contributed by atoms with E-state index in [-0.39, 0.29) is 17.0 Å². The molecule has 1 amide bonds. The highest BCUT2D eigenvalue weighted by Crippen LogP contribution is 2.20. The number of piperazine rings is 1. The van der Waals surface area contributed by atoms with E-state index in [9.17, 15) is 9.59 Å². The lowest BCUT2D eigenvalue weighted by Gasteiger charge is -2.35. The number of hydrogen-bond donors (Lipinski definition) is 0. The molecule has 2 aromatic rings. The molecule has 7 nitrogen and oxygen atoms in total. The Morgan fingerprint density at radius 3 is 2.48 bits per heavy atom. The average Bonchev–Trinajstić information content (AvgIpc) is 2.67. The summed E-state index contributed by atoms with van der Waals surface area (Å²) in [5, 5.41) is 4.15. The van der Waals surface area contributed by atoms with Gasteiger partial charge in [-0.2, -0.15) is 5.10 Å². The molecule has 1 fully saturated rings. The van der Waals surface area contributed by atoms with Crippen molar-refractivity contribution < 1.29 is 9.53 Å². The van der Waals surface area contributed by atoms with Gasteiger partial charge >= 0.3 is 0 Å². The zero-order chi connectivity index (χ0) is 19.6. The maximum atomic E-state index is 13.0. The molecule has 0 bridgehead atoms. The van der Waals surface area contributed by atoms with E-state index in [1.807, 2.05) is 25.1 Å². The number of rotatable bonds is 4. The number of methoxy groups -OCH3 is 1. The third-order valence-electron chi connectivity index (χ3n) is 5.19. The van der Waals surface area contributed by atoms with Crippen molar-refractivity contribution in [2.75, 3.05) is 33.3 Å². The van der Waals surface area contributed by atoms with Gasteiger partial charge in [0.25, 0.3) is 11.5 Å². The molecule has 0 unspecified atom stereocenters. The first-order valence-corrected chi connectivity index (χ1v) is 9.10. The Hall–Kier alpha value is -2.67. The lowest BCUT2D eigenvalue weighted by Crippen LogP contribution is -2.49. The van der Waals surface area contributed by atoms with Crippen LogP contribution < -0.4 is 10.3 Å². The SMILES string of the molecule is COc1ccccc1CN1CCN(C(=O)c2c(C)c(C)nn(C)c2=O)CC1. The molecule has 0 N–H and O–H groups in total. The summed E-state index contributed by atoms with van der Waals surface area (Å²) in [4.78, 5) is 29.4. The Labute approximate surface area is 159 Å². The quantitative estimate of drug-likeness (QED) is 0.813. The van der Waals surface area contributed by atoms with Crippen LogP contribution in [0.25, 0.3) is 0 Å². The summed E-state index contributed by atoms with van der Waals surface area (Å²) in [5.74, 6) is 0.679. The van der Waals surface area contributed by atoms with Crippen LogP contribution >= 0.6 is 0 Å². The predicted molar refractivity (Wildman–Crippen MR) is 103 cm³/mol. The first kappa shape index (κ1) is 19.1. The Morgan fingerprint density at radius 1 is 1.15 bits per heavy atom. The number of benzene rings is 1. The minimum atomic E-state index is -0.334. The van der Waals surface area contributed by atoms with E-state index in [0.29, 0.717) is 24.3 Å². The summed E-state index contributed by atoms with van der Waals surface area (Å²) in [6.45, 7) is 7.09. The van der Waals surface area contributed by atoms with Gasteiger partial charge in [-0.15, -0.1) is 0 Å². The van der Waals surface area contributed by atoms with Crippen molar-refractivity contribution in [2.45, 2.75) is 20.4 Å². The summed E-state index contributed by atoms with van der Waals surface area (Å²) in [5.41, 5.74) is 2.41. The van der Waals surface area contributed by atoms with E-state index in [1.165, 1.54) is 4.68 Å². The number of aryl methyl sites for hydroxylation is 2. The van der Waals surface area contributed by atoms with Gasteiger partial charge in [0.1, 0.15) is 11.3 Å². The number of aromatic nitrogens is 2. The molecule has 0 spiro atoms. The second-order valence-electron chi connectivity index (χ2n) is 6.89. The molecule has 0 atom stereocenters. The summed E-state index contributed by atoms with van der Waals surface area (Å²) in [6, 6.07) is 7.98. The molecule has 1 aliphatic rings. The number of carbonyl (C=O) groups is 1. The van der Waals surface area contributed by atoms with Crippen molar-refractivity contribution in [1.82, 2.24) is 19.6 Å². The number of para-hydroxylation sites is 1. The molecule has 1 aromatic heterocycles. The zero-order valence-electron chi connectivity index (χ0n) is 16.4. The van der Waals surface area contributed by atoms with Crippen LogP contribution in [0.2, 0.25) is 0 Å². The van der Waals surface area contributed by atoms with Gasteiger partial charge in [-0.1, -0.05) is 18.2 Å². The minimum absolute atomic E-state index is 0.199. The fourth-order valence-electron chi connectivity index (χ4n) is 3.44. The molecule has 0 radical (unpaired) electrons. The molecule has 27 heavy (non-hydrogen) atoms. The first-order chi connectivity index (χ1) is 12.9. The Morgan fingerprint density at radius 2 is 1.81 bits per heavy atom. The van der Waals surface area contributed by atoms with Crippen LogP contribution in [0.4, 0.5) is 0 Å². The van der Waals surface area contributed by atoms with Gasteiger partial charge in [0.15, 0.2) is 0 Å². The van der Waals surface area contributed by atoms with E-state index < -0.39 is 0 Å². The largest absolute Gasteiger partial charge is 0.496 e. The van der Waals surface area contributed by atoms with Crippen LogP contribution in [0.5, 0.6) is 5.75 Å². The highest BCUT2D eigenvalue weighted by Gasteiger charge is 2.27. The first-order valence-electron chi connectivity index (χ1n) is 9.10. The van der Waals surface area contributed by atoms with Crippen molar-refractivity contribution in [1.29, 1.82) is 0 Å². The van der Waals surface area contributed by atoms with Crippen molar-refractivity contribution in [3.63, 3.8) is 0 Å².